The third-order valence-electron chi connectivity index (χ3n) is 3.82. The van der Waals surface area contributed by atoms with Crippen LogP contribution in [0.2, 0.25) is 0 Å². The molecule has 0 aliphatic carbocycles. The number of rotatable bonds is 1. The van der Waals surface area contributed by atoms with Gasteiger partial charge >= 0.3 is 0 Å². The van der Waals surface area contributed by atoms with Crippen LogP contribution in [0.25, 0.3) is 22.3 Å². The number of H-pyrrole nitrogens is 1. The lowest BCUT2D eigenvalue weighted by Gasteiger charge is -2.21. The molecule has 5 heteroatoms. The summed E-state index contributed by atoms with van der Waals surface area (Å²) in [5.41, 5.74) is 11.5. The van der Waals surface area contributed by atoms with Crippen molar-refractivity contribution in [1.29, 1.82) is 0 Å². The molecule has 1 aliphatic heterocycles. The molecule has 0 spiro atoms. The molecule has 1 aromatic carbocycles. The molecule has 3 heterocycles. The number of aromatic amines is 1. The lowest BCUT2D eigenvalue weighted by Crippen LogP contribution is -2.31. The molecule has 0 amide bonds. The van der Waals surface area contributed by atoms with Crippen LogP contribution in [0.15, 0.2) is 30.9 Å². The van der Waals surface area contributed by atoms with Crippen LogP contribution in [-0.4, -0.2) is 25.6 Å². The van der Waals surface area contributed by atoms with Crippen LogP contribution in [0.3, 0.4) is 0 Å². The maximum atomic E-state index is 6.00. The smallest absolute Gasteiger partial charge is 0.0956 e. The molecular formula is C14H15N5. The van der Waals surface area contributed by atoms with Crippen molar-refractivity contribution >= 4 is 11.0 Å². The predicted molar refractivity (Wildman–Crippen MR) is 73.6 cm³/mol. The van der Waals surface area contributed by atoms with Gasteiger partial charge in [0.2, 0.25) is 0 Å². The summed E-state index contributed by atoms with van der Waals surface area (Å²) in [6, 6.07) is 6.48. The molecule has 0 saturated carbocycles. The first-order valence-electron chi connectivity index (χ1n) is 6.54. The molecule has 0 fully saturated rings. The van der Waals surface area contributed by atoms with Gasteiger partial charge in [0.15, 0.2) is 0 Å². The molecule has 3 aromatic rings. The van der Waals surface area contributed by atoms with Crippen molar-refractivity contribution in [3.05, 3.63) is 36.5 Å². The van der Waals surface area contributed by atoms with Gasteiger partial charge in [-0.15, -0.1) is 0 Å². The van der Waals surface area contributed by atoms with Gasteiger partial charge in [0, 0.05) is 23.8 Å². The molecule has 5 nitrogen and oxygen atoms in total. The van der Waals surface area contributed by atoms with E-state index in [9.17, 15) is 0 Å². The van der Waals surface area contributed by atoms with Crippen LogP contribution in [0.1, 0.15) is 12.1 Å². The third-order valence-corrected chi connectivity index (χ3v) is 3.82. The molecule has 96 valence electrons. The number of nitrogens with zero attached hydrogens (tertiary/aromatic N) is 3. The Balaban J connectivity index is 1.83. The minimum absolute atomic E-state index is 0.254. The van der Waals surface area contributed by atoms with Crippen molar-refractivity contribution in [2.75, 3.05) is 0 Å². The maximum absolute atomic E-state index is 6.00. The summed E-state index contributed by atoms with van der Waals surface area (Å²) < 4.78 is 2.18. The van der Waals surface area contributed by atoms with Crippen molar-refractivity contribution in [2.45, 2.75) is 25.4 Å². The maximum Gasteiger partial charge on any atom is 0.0956 e. The summed E-state index contributed by atoms with van der Waals surface area (Å²) in [5, 5.41) is 0. The molecule has 2 aromatic heterocycles. The number of hydrogen-bond acceptors (Lipinski definition) is 3. The zero-order valence-corrected chi connectivity index (χ0v) is 10.5. The van der Waals surface area contributed by atoms with E-state index in [2.05, 4.69) is 31.7 Å². The Bertz CT molecular complexity index is 739. The number of aromatic nitrogens is 4. The second kappa shape index (κ2) is 3.93. The Hall–Kier alpha value is -2.14. The summed E-state index contributed by atoms with van der Waals surface area (Å²) in [5.74, 6) is 0. The van der Waals surface area contributed by atoms with Crippen LogP contribution >= 0.6 is 0 Å². The van der Waals surface area contributed by atoms with E-state index in [0.29, 0.717) is 0 Å². The Morgan fingerprint density at radius 2 is 2.26 bits per heavy atom. The molecule has 0 saturated heterocycles. The second-order valence-electron chi connectivity index (χ2n) is 5.13. The van der Waals surface area contributed by atoms with Gasteiger partial charge in [-0.25, -0.2) is 9.97 Å². The molecule has 19 heavy (non-hydrogen) atoms. The second-order valence-corrected chi connectivity index (χ2v) is 5.13. The Morgan fingerprint density at radius 3 is 3.21 bits per heavy atom. The number of nitrogens with two attached hydrogens (primary N) is 1. The van der Waals surface area contributed by atoms with E-state index in [-0.39, 0.29) is 6.04 Å². The predicted octanol–water partition coefficient (Wildman–Crippen LogP) is 1.70. The third kappa shape index (κ3) is 1.66. The molecule has 4 rings (SSSR count). The summed E-state index contributed by atoms with van der Waals surface area (Å²) >= 11 is 0. The number of fused-ring (bicyclic) bond motifs is 2. The van der Waals surface area contributed by atoms with Gasteiger partial charge in [-0.05, 0) is 25.0 Å². The largest absolute Gasteiger partial charge is 0.345 e. The standard InChI is InChI=1S/C14H15N5/c15-10-2-4-13-14(18-8-19(13)6-10)9-1-3-11-12(5-9)17-7-16-11/h1,3,5,7-8,10H,2,4,6,15H2,(H,16,17). The Labute approximate surface area is 110 Å². The first kappa shape index (κ1) is 10.8. The zero-order chi connectivity index (χ0) is 12.8. The highest BCUT2D eigenvalue weighted by Crippen LogP contribution is 2.28. The fraction of sp³-hybridized carbons (Fsp3) is 0.286. The van der Waals surface area contributed by atoms with Gasteiger partial charge in [-0.1, -0.05) is 6.07 Å². The van der Waals surface area contributed by atoms with E-state index in [1.165, 1.54) is 5.69 Å². The van der Waals surface area contributed by atoms with Crippen molar-refractivity contribution in [3.8, 4) is 11.3 Å². The van der Waals surface area contributed by atoms with Gasteiger partial charge in [0.1, 0.15) is 0 Å². The summed E-state index contributed by atoms with van der Waals surface area (Å²) in [7, 11) is 0. The van der Waals surface area contributed by atoms with Gasteiger partial charge in [0.05, 0.1) is 29.4 Å². The monoisotopic (exact) mass is 253 g/mol. The van der Waals surface area contributed by atoms with Crippen LogP contribution in [0, 0.1) is 0 Å². The van der Waals surface area contributed by atoms with Gasteiger partial charge in [-0.3, -0.25) is 0 Å². The highest BCUT2D eigenvalue weighted by Gasteiger charge is 2.20. The van der Waals surface area contributed by atoms with Crippen molar-refractivity contribution in [2.24, 2.45) is 5.73 Å². The quantitative estimate of drug-likeness (QED) is 0.693. The number of benzene rings is 1. The van der Waals surface area contributed by atoms with Crippen molar-refractivity contribution < 1.29 is 0 Å². The van der Waals surface area contributed by atoms with Crippen LogP contribution in [0.4, 0.5) is 0 Å². The molecule has 1 atom stereocenters. The van der Waals surface area contributed by atoms with E-state index >= 15 is 0 Å². The van der Waals surface area contributed by atoms with Crippen LogP contribution < -0.4 is 5.73 Å². The molecule has 3 N–H and O–H groups in total. The Kier molecular flexibility index (Phi) is 2.22. The lowest BCUT2D eigenvalue weighted by molar-refractivity contribution is 0.461. The molecular weight excluding hydrogens is 238 g/mol. The average Bonchev–Trinajstić information content (AvgIpc) is 3.02. The van der Waals surface area contributed by atoms with E-state index in [1.807, 2.05) is 12.4 Å². The molecule has 1 unspecified atom stereocenters. The highest BCUT2D eigenvalue weighted by atomic mass is 15.1. The minimum atomic E-state index is 0.254. The number of imidazole rings is 2. The van der Waals surface area contributed by atoms with Crippen molar-refractivity contribution in [1.82, 2.24) is 19.5 Å². The molecule has 0 bridgehead atoms. The molecule has 1 aliphatic rings. The first-order valence-corrected chi connectivity index (χ1v) is 6.54. The molecule has 0 radical (unpaired) electrons. The van der Waals surface area contributed by atoms with E-state index in [4.69, 9.17) is 5.73 Å². The van der Waals surface area contributed by atoms with Crippen LogP contribution in [0.5, 0.6) is 0 Å². The van der Waals surface area contributed by atoms with E-state index in [0.717, 1.165) is 41.7 Å². The summed E-state index contributed by atoms with van der Waals surface area (Å²) in [6.45, 7) is 0.870. The van der Waals surface area contributed by atoms with Gasteiger partial charge < -0.3 is 15.3 Å². The SMILES string of the molecule is NC1CCc2c(-c3ccc4nc[nH]c4c3)ncn2C1. The Morgan fingerprint density at radius 1 is 1.32 bits per heavy atom. The summed E-state index contributed by atoms with van der Waals surface area (Å²) in [4.78, 5) is 12.0. The van der Waals surface area contributed by atoms with E-state index in [1.54, 1.807) is 6.33 Å². The number of nitrogens with one attached hydrogen (secondary N) is 1. The summed E-state index contributed by atoms with van der Waals surface area (Å²) in [6.07, 6.45) is 5.65. The highest BCUT2D eigenvalue weighted by molar-refractivity contribution is 5.81. The fourth-order valence-corrected chi connectivity index (χ4v) is 2.82. The van der Waals surface area contributed by atoms with E-state index < -0.39 is 0 Å². The first-order chi connectivity index (χ1) is 9.31. The van der Waals surface area contributed by atoms with Crippen LogP contribution in [-0.2, 0) is 13.0 Å². The zero-order valence-electron chi connectivity index (χ0n) is 10.5. The minimum Gasteiger partial charge on any atom is -0.345 e. The topological polar surface area (TPSA) is 72.5 Å². The van der Waals surface area contributed by atoms with Gasteiger partial charge in [0.25, 0.3) is 0 Å². The average molecular weight is 253 g/mol. The fourth-order valence-electron chi connectivity index (χ4n) is 2.82. The lowest BCUT2D eigenvalue weighted by atomic mass is 10.0. The van der Waals surface area contributed by atoms with Crippen molar-refractivity contribution in [3.63, 3.8) is 0 Å². The number of hydrogen-bond donors (Lipinski definition) is 2. The normalized spacial score (nSPS) is 18.7. The van der Waals surface area contributed by atoms with Gasteiger partial charge in [-0.2, -0.15) is 0 Å².